The number of aromatic nitrogens is 5. The maximum absolute atomic E-state index is 12.5. The van der Waals surface area contributed by atoms with E-state index in [0.29, 0.717) is 21.5 Å². The molecule has 148 valence electrons. The lowest BCUT2D eigenvalue weighted by molar-refractivity contribution is -0.117. The van der Waals surface area contributed by atoms with Gasteiger partial charge in [-0.25, -0.2) is 14.2 Å². The van der Waals surface area contributed by atoms with Crippen LogP contribution in [0.1, 0.15) is 18.5 Å². The van der Waals surface area contributed by atoms with E-state index in [4.69, 9.17) is 23.2 Å². The molecule has 1 aromatic carbocycles. The van der Waals surface area contributed by atoms with E-state index in [0.717, 1.165) is 10.2 Å². The average Bonchev–Trinajstić information content (AvgIpc) is 3.28. The minimum atomic E-state index is -0.401. The molecule has 4 aromatic rings. The number of nitrogens with one attached hydrogen (secondary N) is 1. The fraction of sp³-hybridized carbons (Fsp3) is 0.158. The standard InChI is InChI=1S/C19H16Cl2N6O2/c1-12(14-10-13(20)5-6-15(14)21)27-16(7-8-22-27)23-18(28)11-26-19(29)25-9-3-2-4-17(25)24-26/h2-10,12H,11H2,1H3,(H,23,28). The van der Waals surface area contributed by atoms with Crippen molar-refractivity contribution in [2.45, 2.75) is 19.5 Å². The van der Waals surface area contributed by atoms with Crippen molar-refractivity contribution in [3.05, 3.63) is 81.0 Å². The number of hydrogen-bond acceptors (Lipinski definition) is 4. The summed E-state index contributed by atoms with van der Waals surface area (Å²) >= 11 is 12.4. The Balaban J connectivity index is 1.55. The number of hydrogen-bond donors (Lipinski definition) is 1. The molecule has 0 saturated carbocycles. The van der Waals surface area contributed by atoms with Gasteiger partial charge < -0.3 is 5.32 Å². The first-order valence-corrected chi connectivity index (χ1v) is 9.52. The van der Waals surface area contributed by atoms with Gasteiger partial charge in [0.1, 0.15) is 12.4 Å². The van der Waals surface area contributed by atoms with Gasteiger partial charge in [0.15, 0.2) is 5.65 Å². The van der Waals surface area contributed by atoms with E-state index in [1.807, 2.05) is 6.92 Å². The largest absolute Gasteiger partial charge is 0.350 e. The molecular formula is C19H16Cl2N6O2. The summed E-state index contributed by atoms with van der Waals surface area (Å²) in [7, 11) is 0. The highest BCUT2D eigenvalue weighted by Crippen LogP contribution is 2.30. The highest BCUT2D eigenvalue weighted by Gasteiger charge is 2.18. The molecule has 0 bridgehead atoms. The maximum atomic E-state index is 12.5. The third-order valence-electron chi connectivity index (χ3n) is 4.49. The number of carbonyl (C=O) groups excluding carboxylic acids is 1. The molecule has 0 fully saturated rings. The monoisotopic (exact) mass is 430 g/mol. The van der Waals surface area contributed by atoms with Crippen molar-refractivity contribution in [3.8, 4) is 0 Å². The van der Waals surface area contributed by atoms with Crippen molar-refractivity contribution in [3.63, 3.8) is 0 Å². The molecule has 4 rings (SSSR count). The molecule has 0 aliphatic rings. The van der Waals surface area contributed by atoms with Crippen molar-refractivity contribution in [1.82, 2.24) is 24.0 Å². The number of nitrogens with zero attached hydrogens (tertiary/aromatic N) is 5. The second kappa shape index (κ2) is 7.73. The number of carbonyl (C=O) groups is 1. The summed E-state index contributed by atoms with van der Waals surface area (Å²) in [5.41, 5.74) is 0.859. The Morgan fingerprint density at radius 1 is 1.21 bits per heavy atom. The van der Waals surface area contributed by atoms with Gasteiger partial charge in [-0.05, 0) is 42.8 Å². The van der Waals surface area contributed by atoms with Gasteiger partial charge in [0.2, 0.25) is 5.91 Å². The number of halogens is 2. The molecule has 8 nitrogen and oxygen atoms in total. The highest BCUT2D eigenvalue weighted by atomic mass is 35.5. The zero-order chi connectivity index (χ0) is 20.5. The lowest BCUT2D eigenvalue weighted by Gasteiger charge is -2.18. The number of anilines is 1. The molecule has 1 amide bonds. The van der Waals surface area contributed by atoms with Crippen LogP contribution in [0.25, 0.3) is 5.65 Å². The summed E-state index contributed by atoms with van der Waals surface area (Å²) in [6, 6.07) is 11.8. The third-order valence-corrected chi connectivity index (χ3v) is 5.07. The molecule has 0 radical (unpaired) electrons. The molecule has 10 heteroatoms. The molecule has 0 spiro atoms. The molecule has 1 unspecified atom stereocenters. The third kappa shape index (κ3) is 3.76. The molecule has 3 aromatic heterocycles. The van der Waals surface area contributed by atoms with Crippen LogP contribution in [0, 0.1) is 0 Å². The molecule has 0 aliphatic carbocycles. The van der Waals surface area contributed by atoms with E-state index in [2.05, 4.69) is 15.5 Å². The number of benzene rings is 1. The first kappa shape index (κ1) is 19.2. The summed E-state index contributed by atoms with van der Waals surface area (Å²) in [4.78, 5) is 24.9. The van der Waals surface area contributed by atoms with Crippen LogP contribution in [0.3, 0.4) is 0 Å². The predicted octanol–water partition coefficient (Wildman–Crippen LogP) is 3.25. The van der Waals surface area contributed by atoms with Crippen LogP contribution < -0.4 is 11.0 Å². The van der Waals surface area contributed by atoms with Crippen molar-refractivity contribution in [2.24, 2.45) is 0 Å². The highest BCUT2D eigenvalue weighted by molar-refractivity contribution is 6.33. The van der Waals surface area contributed by atoms with Crippen LogP contribution in [0.4, 0.5) is 5.82 Å². The minimum Gasteiger partial charge on any atom is -0.309 e. The SMILES string of the molecule is CC(c1cc(Cl)ccc1Cl)n1nccc1NC(=O)Cn1nc2ccccn2c1=O. The van der Waals surface area contributed by atoms with Gasteiger partial charge in [0, 0.05) is 22.3 Å². The molecule has 1 N–H and O–H groups in total. The van der Waals surface area contributed by atoms with Gasteiger partial charge in [0.05, 0.1) is 12.2 Å². The molecule has 3 heterocycles. The summed E-state index contributed by atoms with van der Waals surface area (Å²) in [5, 5.41) is 12.3. The van der Waals surface area contributed by atoms with Gasteiger partial charge in [0.25, 0.3) is 0 Å². The number of fused-ring (bicyclic) bond motifs is 1. The topological polar surface area (TPSA) is 86.2 Å². The second-order valence-electron chi connectivity index (χ2n) is 6.42. The predicted molar refractivity (Wildman–Crippen MR) is 111 cm³/mol. The smallest absolute Gasteiger partial charge is 0.309 e. The lowest BCUT2D eigenvalue weighted by Crippen LogP contribution is -2.29. The van der Waals surface area contributed by atoms with E-state index in [1.54, 1.807) is 59.5 Å². The van der Waals surface area contributed by atoms with E-state index in [1.165, 1.54) is 4.40 Å². The summed E-state index contributed by atoms with van der Waals surface area (Å²) in [6.45, 7) is 1.67. The van der Waals surface area contributed by atoms with Crippen molar-refractivity contribution in [1.29, 1.82) is 0 Å². The first-order chi connectivity index (χ1) is 13.9. The quantitative estimate of drug-likeness (QED) is 0.526. The van der Waals surface area contributed by atoms with Crippen molar-refractivity contribution < 1.29 is 4.79 Å². The zero-order valence-corrected chi connectivity index (χ0v) is 16.8. The van der Waals surface area contributed by atoms with Crippen molar-refractivity contribution >= 4 is 40.6 Å². The summed E-state index contributed by atoms with van der Waals surface area (Å²) in [5.74, 6) is 0.0667. The lowest BCUT2D eigenvalue weighted by atomic mass is 10.1. The Kier molecular flexibility index (Phi) is 5.12. The summed E-state index contributed by atoms with van der Waals surface area (Å²) < 4.78 is 4.12. The Hall–Kier alpha value is -3.10. The van der Waals surface area contributed by atoms with Gasteiger partial charge in [-0.1, -0.05) is 29.3 Å². The normalized spacial score (nSPS) is 12.2. The van der Waals surface area contributed by atoms with Crippen LogP contribution in [-0.4, -0.2) is 29.9 Å². The van der Waals surface area contributed by atoms with Crippen LogP contribution >= 0.6 is 23.2 Å². The fourth-order valence-electron chi connectivity index (χ4n) is 3.08. The molecule has 1 atom stereocenters. The summed E-state index contributed by atoms with van der Waals surface area (Å²) in [6.07, 6.45) is 3.17. The van der Waals surface area contributed by atoms with Gasteiger partial charge in [-0.3, -0.25) is 9.20 Å². The second-order valence-corrected chi connectivity index (χ2v) is 7.26. The Morgan fingerprint density at radius 3 is 2.83 bits per heavy atom. The molecular weight excluding hydrogens is 415 g/mol. The molecule has 29 heavy (non-hydrogen) atoms. The Morgan fingerprint density at radius 2 is 2.03 bits per heavy atom. The van der Waals surface area contributed by atoms with Crippen LogP contribution in [0.15, 0.2) is 59.7 Å². The molecule has 0 saturated heterocycles. The number of pyridine rings is 1. The van der Waals surface area contributed by atoms with E-state index < -0.39 is 5.91 Å². The average molecular weight is 431 g/mol. The Labute approximate surface area is 175 Å². The van der Waals surface area contributed by atoms with Gasteiger partial charge in [-0.15, -0.1) is 5.10 Å². The van der Waals surface area contributed by atoms with E-state index >= 15 is 0 Å². The van der Waals surface area contributed by atoms with Crippen molar-refractivity contribution in [2.75, 3.05) is 5.32 Å². The fourth-order valence-corrected chi connectivity index (χ4v) is 3.53. The van der Waals surface area contributed by atoms with Crippen LogP contribution in [0.2, 0.25) is 10.0 Å². The van der Waals surface area contributed by atoms with Gasteiger partial charge >= 0.3 is 5.69 Å². The Bertz CT molecular complexity index is 1260. The van der Waals surface area contributed by atoms with E-state index in [9.17, 15) is 9.59 Å². The van der Waals surface area contributed by atoms with E-state index in [-0.39, 0.29) is 18.3 Å². The molecule has 0 aliphatic heterocycles. The van der Waals surface area contributed by atoms with Crippen LogP contribution in [0.5, 0.6) is 0 Å². The minimum absolute atomic E-state index is 0.224. The van der Waals surface area contributed by atoms with Gasteiger partial charge in [-0.2, -0.15) is 5.10 Å². The maximum Gasteiger partial charge on any atom is 0.350 e. The van der Waals surface area contributed by atoms with Crippen LogP contribution in [-0.2, 0) is 11.3 Å². The first-order valence-electron chi connectivity index (χ1n) is 8.76. The zero-order valence-electron chi connectivity index (χ0n) is 15.3. The number of amides is 1. The number of rotatable bonds is 5.